The molecule has 4 rings (SSSR count). The second kappa shape index (κ2) is 6.64. The Hall–Kier alpha value is -3.55. The summed E-state index contributed by atoms with van der Waals surface area (Å²) >= 11 is 0. The molecule has 4 aromatic rings. The lowest BCUT2D eigenvalue weighted by Crippen LogP contribution is -2.02. The predicted molar refractivity (Wildman–Crippen MR) is 102 cm³/mol. The molecule has 8 nitrogen and oxygen atoms in total. The minimum Gasteiger partial charge on any atom is -0.493 e. The maximum atomic E-state index is 5.42. The molecule has 0 saturated heterocycles. The van der Waals surface area contributed by atoms with E-state index in [4.69, 9.17) is 19.2 Å². The van der Waals surface area contributed by atoms with Crippen LogP contribution in [0, 0.1) is 6.92 Å². The quantitative estimate of drug-likeness (QED) is 0.581. The van der Waals surface area contributed by atoms with Crippen molar-refractivity contribution in [3.8, 4) is 17.2 Å². The molecule has 1 N–H and O–H groups in total. The summed E-state index contributed by atoms with van der Waals surface area (Å²) in [6.45, 7) is 1.91. The summed E-state index contributed by atoms with van der Waals surface area (Å²) in [5, 5.41) is 11.8. The molecule has 0 amide bonds. The molecule has 0 radical (unpaired) electrons. The first-order valence-electron chi connectivity index (χ1n) is 8.33. The van der Waals surface area contributed by atoms with Gasteiger partial charge in [-0.05, 0) is 19.1 Å². The molecule has 2 aromatic carbocycles. The first-order valence-corrected chi connectivity index (χ1v) is 8.33. The summed E-state index contributed by atoms with van der Waals surface area (Å²) in [6, 6.07) is 11.5. The molecule has 0 saturated carbocycles. The van der Waals surface area contributed by atoms with E-state index in [2.05, 4.69) is 15.5 Å². The summed E-state index contributed by atoms with van der Waals surface area (Å²) in [5.74, 6) is 3.00. The number of aromatic nitrogens is 4. The predicted octanol–water partition coefficient (Wildman–Crippen LogP) is 3.36. The molecule has 0 spiro atoms. The lowest BCUT2D eigenvalue weighted by atomic mass is 10.2. The van der Waals surface area contributed by atoms with E-state index in [1.54, 1.807) is 21.3 Å². The minimum absolute atomic E-state index is 0.528. The average molecular weight is 365 g/mol. The fourth-order valence-electron chi connectivity index (χ4n) is 3.10. The fourth-order valence-corrected chi connectivity index (χ4v) is 3.10. The van der Waals surface area contributed by atoms with E-state index in [0.29, 0.717) is 28.7 Å². The topological polar surface area (TPSA) is 82.8 Å². The van der Waals surface area contributed by atoms with Crippen LogP contribution in [0.4, 0.5) is 11.5 Å². The summed E-state index contributed by atoms with van der Waals surface area (Å²) in [4.78, 5) is 4.72. The van der Waals surface area contributed by atoms with E-state index in [1.165, 1.54) is 0 Å². The Bertz CT molecular complexity index is 1110. The van der Waals surface area contributed by atoms with Crippen LogP contribution in [0.2, 0.25) is 0 Å². The van der Waals surface area contributed by atoms with Crippen molar-refractivity contribution in [2.75, 3.05) is 26.6 Å². The van der Waals surface area contributed by atoms with Crippen molar-refractivity contribution in [1.82, 2.24) is 19.6 Å². The Kier molecular flexibility index (Phi) is 4.15. The molecule has 8 heteroatoms. The second-order valence-electron chi connectivity index (χ2n) is 5.89. The number of hydrogen-bond donors (Lipinski definition) is 1. The minimum atomic E-state index is 0.528. The zero-order valence-corrected chi connectivity index (χ0v) is 15.5. The van der Waals surface area contributed by atoms with Crippen LogP contribution in [0.25, 0.3) is 16.7 Å². The number of rotatable bonds is 5. The van der Waals surface area contributed by atoms with Crippen LogP contribution in [-0.2, 0) is 0 Å². The van der Waals surface area contributed by atoms with Crippen molar-refractivity contribution >= 4 is 28.2 Å². The summed E-state index contributed by atoms with van der Waals surface area (Å²) in [6.07, 6.45) is 0. The van der Waals surface area contributed by atoms with Crippen LogP contribution in [0.3, 0.4) is 0 Å². The van der Waals surface area contributed by atoms with Crippen molar-refractivity contribution in [2.45, 2.75) is 6.92 Å². The zero-order chi connectivity index (χ0) is 19.0. The number of fused-ring (bicyclic) bond motifs is 3. The number of methoxy groups -OCH3 is 3. The van der Waals surface area contributed by atoms with Gasteiger partial charge in [-0.1, -0.05) is 12.1 Å². The highest BCUT2D eigenvalue weighted by Crippen LogP contribution is 2.40. The molecular formula is C19H19N5O3. The van der Waals surface area contributed by atoms with Gasteiger partial charge in [0, 0.05) is 17.8 Å². The van der Waals surface area contributed by atoms with Gasteiger partial charge in [0.2, 0.25) is 11.4 Å². The van der Waals surface area contributed by atoms with E-state index >= 15 is 0 Å². The molecule has 0 bridgehead atoms. The van der Waals surface area contributed by atoms with E-state index < -0.39 is 0 Å². The van der Waals surface area contributed by atoms with Gasteiger partial charge in [0.1, 0.15) is 5.82 Å². The van der Waals surface area contributed by atoms with Gasteiger partial charge in [0.05, 0.1) is 32.4 Å². The van der Waals surface area contributed by atoms with Crippen molar-refractivity contribution in [2.24, 2.45) is 0 Å². The number of para-hydroxylation sites is 2. The maximum absolute atomic E-state index is 5.42. The molecule has 0 fully saturated rings. The zero-order valence-electron chi connectivity index (χ0n) is 15.5. The Balaban J connectivity index is 1.88. The molecular weight excluding hydrogens is 346 g/mol. The molecule has 138 valence electrons. The van der Waals surface area contributed by atoms with Crippen LogP contribution < -0.4 is 19.5 Å². The summed E-state index contributed by atoms with van der Waals surface area (Å²) < 4.78 is 18.2. The van der Waals surface area contributed by atoms with Crippen LogP contribution in [-0.4, -0.2) is 40.9 Å². The Morgan fingerprint density at radius 2 is 1.63 bits per heavy atom. The summed E-state index contributed by atoms with van der Waals surface area (Å²) in [7, 11) is 4.73. The van der Waals surface area contributed by atoms with Crippen LogP contribution in [0.5, 0.6) is 17.2 Å². The SMILES string of the molecule is COc1cc(Nc2nc3ccccc3n3c(C)nnc23)cc(OC)c1OC. The third kappa shape index (κ3) is 2.75. The highest BCUT2D eigenvalue weighted by Gasteiger charge is 2.16. The lowest BCUT2D eigenvalue weighted by Gasteiger charge is -2.15. The van der Waals surface area contributed by atoms with Gasteiger partial charge in [0.25, 0.3) is 0 Å². The molecule has 0 aliphatic carbocycles. The largest absolute Gasteiger partial charge is 0.493 e. The molecule has 0 unspecified atom stereocenters. The normalized spacial score (nSPS) is 11.0. The van der Waals surface area contributed by atoms with Gasteiger partial charge in [-0.25, -0.2) is 4.98 Å². The number of ether oxygens (including phenoxy) is 3. The number of benzene rings is 2. The molecule has 0 aliphatic heterocycles. The Morgan fingerprint density at radius 1 is 0.926 bits per heavy atom. The average Bonchev–Trinajstić information content (AvgIpc) is 3.09. The number of anilines is 2. The molecule has 0 aliphatic rings. The lowest BCUT2D eigenvalue weighted by molar-refractivity contribution is 0.324. The molecule has 0 atom stereocenters. The van der Waals surface area contributed by atoms with Gasteiger partial charge in [-0.3, -0.25) is 4.40 Å². The third-order valence-electron chi connectivity index (χ3n) is 4.32. The highest BCUT2D eigenvalue weighted by molar-refractivity contribution is 5.84. The van der Waals surface area contributed by atoms with Gasteiger partial charge in [-0.15, -0.1) is 10.2 Å². The smallest absolute Gasteiger partial charge is 0.204 e. The van der Waals surface area contributed by atoms with Gasteiger partial charge < -0.3 is 19.5 Å². The van der Waals surface area contributed by atoms with Gasteiger partial charge >= 0.3 is 0 Å². The monoisotopic (exact) mass is 365 g/mol. The van der Waals surface area contributed by atoms with Crippen molar-refractivity contribution < 1.29 is 14.2 Å². The Morgan fingerprint density at radius 3 is 2.30 bits per heavy atom. The Labute approximate surface area is 155 Å². The van der Waals surface area contributed by atoms with Gasteiger partial charge in [0.15, 0.2) is 17.3 Å². The number of aryl methyl sites for hydroxylation is 1. The standard InChI is InChI=1S/C19H19N5O3/c1-11-22-23-19-18(21-13-7-5-6-8-14(13)24(11)19)20-12-9-15(25-2)17(27-4)16(10-12)26-3/h5-10H,1-4H3,(H,20,21). The van der Waals surface area contributed by atoms with Gasteiger partial charge in [-0.2, -0.15) is 0 Å². The van der Waals surface area contributed by atoms with E-state index in [9.17, 15) is 0 Å². The maximum Gasteiger partial charge on any atom is 0.204 e. The van der Waals surface area contributed by atoms with Crippen LogP contribution in [0.1, 0.15) is 5.82 Å². The molecule has 27 heavy (non-hydrogen) atoms. The van der Waals surface area contributed by atoms with Crippen LogP contribution >= 0.6 is 0 Å². The van der Waals surface area contributed by atoms with Crippen molar-refractivity contribution in [3.63, 3.8) is 0 Å². The molecule has 2 heterocycles. The van der Waals surface area contributed by atoms with E-state index in [-0.39, 0.29) is 0 Å². The number of hydrogen-bond acceptors (Lipinski definition) is 7. The number of nitrogens with zero attached hydrogens (tertiary/aromatic N) is 4. The first kappa shape index (κ1) is 16.9. The summed E-state index contributed by atoms with van der Waals surface area (Å²) in [5.41, 5.74) is 3.16. The second-order valence-corrected chi connectivity index (χ2v) is 5.89. The highest BCUT2D eigenvalue weighted by atomic mass is 16.5. The van der Waals surface area contributed by atoms with Crippen LogP contribution in [0.15, 0.2) is 36.4 Å². The molecule has 2 aromatic heterocycles. The fraction of sp³-hybridized carbons (Fsp3) is 0.211. The van der Waals surface area contributed by atoms with Crippen molar-refractivity contribution in [1.29, 1.82) is 0 Å². The number of nitrogens with one attached hydrogen (secondary N) is 1. The third-order valence-corrected chi connectivity index (χ3v) is 4.32. The van der Waals surface area contributed by atoms with E-state index in [0.717, 1.165) is 22.5 Å². The van der Waals surface area contributed by atoms with E-state index in [1.807, 2.05) is 47.7 Å². The van der Waals surface area contributed by atoms with Crippen molar-refractivity contribution in [3.05, 3.63) is 42.2 Å². The first-order chi connectivity index (χ1) is 13.2.